The Morgan fingerprint density at radius 2 is 1.89 bits per heavy atom. The monoisotopic (exact) mass is 613 g/mol. The van der Waals surface area contributed by atoms with E-state index in [-0.39, 0.29) is 30.4 Å². The molecule has 2 bridgehead atoms. The molecule has 6 rings (SSSR count). The highest BCUT2D eigenvalue weighted by molar-refractivity contribution is 5.89. The van der Waals surface area contributed by atoms with Crippen molar-refractivity contribution in [2.24, 2.45) is 5.18 Å². The number of rotatable bonds is 10. The molecule has 3 aromatic rings. The summed E-state index contributed by atoms with van der Waals surface area (Å²) in [7, 11) is 1.53. The molecule has 0 saturated carbocycles. The summed E-state index contributed by atoms with van der Waals surface area (Å²) in [6.45, 7) is 4.16. The molecule has 0 aliphatic carbocycles. The number of esters is 1. The quantitative estimate of drug-likeness (QED) is 0.0848. The zero-order valence-corrected chi connectivity index (χ0v) is 25.3. The number of nitroso groups, excluding NO2 is 1. The molecule has 3 aliphatic heterocycles. The van der Waals surface area contributed by atoms with Gasteiger partial charge in [0.1, 0.15) is 18.1 Å². The Morgan fingerprint density at radius 1 is 1.11 bits per heavy atom. The Bertz CT molecular complexity index is 1660. The summed E-state index contributed by atoms with van der Waals surface area (Å²) in [4.78, 5) is 39.2. The molecule has 0 aromatic heterocycles. The van der Waals surface area contributed by atoms with Crippen molar-refractivity contribution in [3.8, 4) is 17.2 Å². The van der Waals surface area contributed by atoms with Crippen LogP contribution in [-0.4, -0.2) is 61.6 Å². The lowest BCUT2D eigenvalue weighted by atomic mass is 9.75. The molecule has 234 valence electrons. The maximum absolute atomic E-state index is 13.2. The third-order valence-corrected chi connectivity index (χ3v) is 8.97. The molecular formula is C34H35N3O8. The van der Waals surface area contributed by atoms with Crippen LogP contribution in [0.15, 0.2) is 53.7 Å². The number of fused-ring (bicyclic) bond motifs is 7. The van der Waals surface area contributed by atoms with Gasteiger partial charge in [-0.15, -0.1) is 4.91 Å². The van der Waals surface area contributed by atoms with Crippen LogP contribution in [0.5, 0.6) is 17.2 Å². The zero-order chi connectivity index (χ0) is 31.7. The molecule has 1 saturated heterocycles. The first-order valence-electron chi connectivity index (χ1n) is 14.8. The molecule has 0 radical (unpaired) electrons. The van der Waals surface area contributed by atoms with Gasteiger partial charge in [0.2, 0.25) is 0 Å². The van der Waals surface area contributed by atoms with Crippen molar-refractivity contribution in [1.82, 2.24) is 10.2 Å². The number of aliphatic hydroxyl groups is 1. The van der Waals surface area contributed by atoms with Crippen molar-refractivity contribution < 1.29 is 33.6 Å². The molecule has 0 spiro atoms. The molecule has 11 nitrogen and oxygen atoms in total. The van der Waals surface area contributed by atoms with E-state index in [1.54, 1.807) is 12.1 Å². The number of hydrogen-bond acceptors (Lipinski definition) is 11. The minimum Gasteiger partial charge on any atom is -0.494 e. The summed E-state index contributed by atoms with van der Waals surface area (Å²) < 4.78 is 22.7. The maximum atomic E-state index is 13.2. The number of carbonyl (C=O) groups excluding carboxylic acids is 2. The first-order valence-corrected chi connectivity index (χ1v) is 14.8. The van der Waals surface area contributed by atoms with Gasteiger partial charge in [0.25, 0.3) is 6.47 Å². The maximum Gasteiger partial charge on any atom is 0.336 e. The molecule has 2 N–H and O–H groups in total. The largest absolute Gasteiger partial charge is 0.494 e. The van der Waals surface area contributed by atoms with Crippen molar-refractivity contribution in [2.75, 3.05) is 27.1 Å². The summed E-state index contributed by atoms with van der Waals surface area (Å²) in [5.41, 5.74) is 5.79. The minimum atomic E-state index is -0.566. The number of nitrogens with one attached hydrogen (secondary N) is 1. The van der Waals surface area contributed by atoms with Crippen LogP contribution in [-0.2, 0) is 27.2 Å². The Morgan fingerprint density at radius 3 is 2.60 bits per heavy atom. The first kappa shape index (κ1) is 30.4. The highest BCUT2D eigenvalue weighted by atomic mass is 16.6. The standard InChI is InChI=1S/C34H35N3O8/c1-19-11-22-13-23-15-37-25(31(35-23)29(22)32(36-41)34(19)42-3)14-24-30(26(37)16-43-17-38)27(44-18-39)12-20(2)33(24)45-28(40)10-9-21-7-5-4-6-8-21/h4-12,17,23,25-26,31,35,39H,13-16,18H2,1-3H3/b10-9+. The van der Waals surface area contributed by atoms with E-state index in [0.29, 0.717) is 59.8 Å². The number of aliphatic hydroxyl groups excluding tert-OH is 1. The summed E-state index contributed by atoms with van der Waals surface area (Å²) in [6, 6.07) is 12.2. The second kappa shape index (κ2) is 12.8. The highest BCUT2D eigenvalue weighted by Gasteiger charge is 2.49. The molecule has 45 heavy (non-hydrogen) atoms. The number of aryl methyl sites for hydroxylation is 2. The van der Waals surface area contributed by atoms with E-state index in [0.717, 1.165) is 22.3 Å². The van der Waals surface area contributed by atoms with Gasteiger partial charge in [0.15, 0.2) is 18.2 Å². The summed E-state index contributed by atoms with van der Waals surface area (Å²) >= 11 is 0. The molecule has 3 aliphatic rings. The Labute approximate surface area is 260 Å². The van der Waals surface area contributed by atoms with E-state index in [1.165, 1.54) is 13.2 Å². The van der Waals surface area contributed by atoms with E-state index in [1.807, 2.05) is 44.2 Å². The van der Waals surface area contributed by atoms with Gasteiger partial charge in [-0.3, -0.25) is 9.69 Å². The number of benzene rings is 3. The molecule has 4 unspecified atom stereocenters. The van der Waals surface area contributed by atoms with Crippen LogP contribution in [0.3, 0.4) is 0 Å². The smallest absolute Gasteiger partial charge is 0.336 e. The van der Waals surface area contributed by atoms with Crippen molar-refractivity contribution in [2.45, 2.75) is 50.9 Å². The molecule has 0 amide bonds. The molecular weight excluding hydrogens is 578 g/mol. The van der Waals surface area contributed by atoms with Crippen LogP contribution < -0.4 is 19.5 Å². The lowest BCUT2D eigenvalue weighted by molar-refractivity contribution is -0.131. The van der Waals surface area contributed by atoms with Gasteiger partial charge in [0.05, 0.1) is 19.2 Å². The van der Waals surface area contributed by atoms with Gasteiger partial charge in [-0.2, -0.15) is 0 Å². The number of methoxy groups -OCH3 is 1. The predicted molar refractivity (Wildman–Crippen MR) is 166 cm³/mol. The summed E-state index contributed by atoms with van der Waals surface area (Å²) in [6.07, 6.45) is 4.13. The van der Waals surface area contributed by atoms with Crippen molar-refractivity contribution in [3.05, 3.63) is 92.4 Å². The predicted octanol–water partition coefficient (Wildman–Crippen LogP) is 4.37. The third-order valence-electron chi connectivity index (χ3n) is 8.97. The highest BCUT2D eigenvalue weighted by Crippen LogP contribution is 2.52. The zero-order valence-electron chi connectivity index (χ0n) is 25.3. The van der Waals surface area contributed by atoms with E-state index in [4.69, 9.17) is 18.9 Å². The fourth-order valence-corrected chi connectivity index (χ4v) is 7.28. The van der Waals surface area contributed by atoms with Crippen LogP contribution in [0.1, 0.15) is 51.0 Å². The van der Waals surface area contributed by atoms with Gasteiger partial charge in [-0.05, 0) is 66.3 Å². The van der Waals surface area contributed by atoms with Crippen LogP contribution in [0.2, 0.25) is 0 Å². The number of carbonyl (C=O) groups is 2. The first-order chi connectivity index (χ1) is 21.9. The lowest BCUT2D eigenvalue weighted by Gasteiger charge is -2.54. The number of piperazine rings is 1. The van der Waals surface area contributed by atoms with Crippen LogP contribution >= 0.6 is 0 Å². The van der Waals surface area contributed by atoms with E-state index < -0.39 is 18.8 Å². The van der Waals surface area contributed by atoms with Gasteiger partial charge in [-0.1, -0.05) is 36.4 Å². The van der Waals surface area contributed by atoms with Gasteiger partial charge in [-0.25, -0.2) is 4.79 Å². The van der Waals surface area contributed by atoms with Crippen molar-refractivity contribution in [1.29, 1.82) is 0 Å². The fraction of sp³-hybridized carbons (Fsp3) is 0.353. The molecule has 3 aromatic carbocycles. The second-order valence-corrected chi connectivity index (χ2v) is 11.5. The van der Waals surface area contributed by atoms with Crippen LogP contribution in [0.25, 0.3) is 6.08 Å². The number of nitrogens with zero attached hydrogens (tertiary/aromatic N) is 2. The SMILES string of the molecule is COc1c(C)cc2c(c1N=O)C1NC(C2)CN2C(COC=O)c3c(OCO)cc(C)c(OC(=O)/C=C/c4ccccc4)c3CC12. The average Bonchev–Trinajstić information content (AvgIpc) is 3.04. The van der Waals surface area contributed by atoms with Crippen molar-refractivity contribution >= 4 is 24.2 Å². The Balaban J connectivity index is 1.47. The molecule has 4 atom stereocenters. The third kappa shape index (κ3) is 5.58. The normalized spacial score (nSPS) is 21.7. The Hall–Kier alpha value is -4.58. The van der Waals surface area contributed by atoms with Crippen molar-refractivity contribution in [3.63, 3.8) is 0 Å². The lowest BCUT2D eigenvalue weighted by Crippen LogP contribution is -2.63. The topological polar surface area (TPSA) is 136 Å². The van der Waals surface area contributed by atoms with Gasteiger partial charge < -0.3 is 29.4 Å². The summed E-state index contributed by atoms with van der Waals surface area (Å²) in [5.74, 6) is 0.675. The number of ether oxygens (including phenoxy) is 4. The Kier molecular flexibility index (Phi) is 8.66. The van der Waals surface area contributed by atoms with Crippen LogP contribution in [0, 0.1) is 18.8 Å². The van der Waals surface area contributed by atoms with Crippen LogP contribution in [0.4, 0.5) is 5.69 Å². The number of hydrogen-bond donors (Lipinski definition) is 2. The van der Waals surface area contributed by atoms with E-state index in [2.05, 4.69) is 21.5 Å². The fourth-order valence-electron chi connectivity index (χ4n) is 7.28. The van der Waals surface area contributed by atoms with Gasteiger partial charge >= 0.3 is 5.97 Å². The molecule has 1 fully saturated rings. The minimum absolute atomic E-state index is 0.00144. The molecule has 3 heterocycles. The molecule has 11 heteroatoms. The van der Waals surface area contributed by atoms with Gasteiger partial charge in [0, 0.05) is 41.4 Å². The van der Waals surface area contributed by atoms with E-state index in [9.17, 15) is 19.6 Å². The van der Waals surface area contributed by atoms with E-state index >= 15 is 0 Å². The average molecular weight is 614 g/mol. The summed E-state index contributed by atoms with van der Waals surface area (Å²) in [5, 5.41) is 16.9. The second-order valence-electron chi connectivity index (χ2n) is 11.5.